The van der Waals surface area contributed by atoms with Gasteiger partial charge in [-0.3, -0.25) is 0 Å². The number of hydrogen-bond acceptors (Lipinski definition) is 3. The number of hydrogen-bond donors (Lipinski definition) is 0. The summed E-state index contributed by atoms with van der Waals surface area (Å²) in [6.07, 6.45) is 0. The van der Waals surface area contributed by atoms with Crippen LogP contribution in [-0.2, 0) is 0 Å². The summed E-state index contributed by atoms with van der Waals surface area (Å²) in [5, 5.41) is 7.63. The number of fused-ring (bicyclic) bond motifs is 6. The summed E-state index contributed by atoms with van der Waals surface area (Å²) < 4.78 is 13.0. The molecule has 0 fully saturated rings. The van der Waals surface area contributed by atoms with Gasteiger partial charge >= 0.3 is 0 Å². The molecule has 0 aromatic heterocycles. The Labute approximate surface area is 230 Å². The van der Waals surface area contributed by atoms with Crippen molar-refractivity contribution in [1.82, 2.24) is 0 Å². The lowest BCUT2D eigenvalue weighted by Gasteiger charge is -2.42. The largest absolute Gasteiger partial charge is 0.458 e. The molecule has 0 aliphatic carbocycles. The van der Waals surface area contributed by atoms with Gasteiger partial charge in [-0.2, -0.15) is 0 Å². The van der Waals surface area contributed by atoms with Crippen molar-refractivity contribution in [1.29, 1.82) is 0 Å². The van der Waals surface area contributed by atoms with E-state index in [2.05, 4.69) is 120 Å². The zero-order valence-electron chi connectivity index (χ0n) is 21.4. The van der Waals surface area contributed by atoms with Crippen LogP contribution in [0.2, 0.25) is 0 Å². The zero-order chi connectivity index (χ0) is 25.9. The molecule has 0 unspecified atom stereocenters. The molecule has 184 valence electrons. The Balaban J connectivity index is 1.30. The van der Waals surface area contributed by atoms with Crippen LogP contribution in [0.15, 0.2) is 121 Å². The van der Waals surface area contributed by atoms with E-state index in [4.69, 9.17) is 9.47 Å². The van der Waals surface area contributed by atoms with E-state index in [0.717, 1.165) is 45.5 Å². The minimum absolute atomic E-state index is 0.0765. The van der Waals surface area contributed by atoms with Crippen LogP contribution in [0, 0.1) is 0 Å². The standard InChI is InChI=1S/C36H20BNO2/c1-2-10-24-22(8-1)23-9-3-4-11-25(23)27-20-21(18-19-26(24)27)38-28-12-5-14-30-34(28)37-35-29(38)13-6-15-31(35)40-33-17-7-16-32(39-30)36(33)37/h1-20H. The van der Waals surface area contributed by atoms with Crippen LogP contribution < -0.4 is 30.8 Å². The monoisotopic (exact) mass is 509 g/mol. The summed E-state index contributed by atoms with van der Waals surface area (Å²) in [7, 11) is 0. The number of nitrogens with zero attached hydrogens (tertiary/aromatic N) is 1. The highest BCUT2D eigenvalue weighted by Gasteiger charge is 2.47. The molecule has 10 rings (SSSR count). The first-order valence-electron chi connectivity index (χ1n) is 13.7. The van der Waals surface area contributed by atoms with Crippen molar-refractivity contribution in [3.05, 3.63) is 121 Å². The summed E-state index contributed by atoms with van der Waals surface area (Å²) in [4.78, 5) is 2.39. The van der Waals surface area contributed by atoms with Crippen LogP contribution in [0.25, 0.3) is 32.3 Å². The number of ether oxygens (including phenoxy) is 2. The molecule has 0 atom stereocenters. The minimum Gasteiger partial charge on any atom is -0.458 e. The van der Waals surface area contributed by atoms with E-state index in [1.54, 1.807) is 0 Å². The molecule has 7 aromatic carbocycles. The van der Waals surface area contributed by atoms with E-state index < -0.39 is 0 Å². The topological polar surface area (TPSA) is 21.7 Å². The average Bonchev–Trinajstić information content (AvgIpc) is 3.01. The average molecular weight is 509 g/mol. The van der Waals surface area contributed by atoms with E-state index in [0.29, 0.717) is 0 Å². The van der Waals surface area contributed by atoms with Gasteiger partial charge in [-0.25, -0.2) is 0 Å². The molecule has 3 aliphatic heterocycles. The van der Waals surface area contributed by atoms with Gasteiger partial charge in [-0.05, 0) is 91.8 Å². The molecule has 0 N–H and O–H groups in total. The van der Waals surface area contributed by atoms with Gasteiger partial charge in [-0.1, -0.05) is 72.8 Å². The highest BCUT2D eigenvalue weighted by atomic mass is 16.5. The molecular weight excluding hydrogens is 489 g/mol. The molecule has 0 saturated heterocycles. The second-order valence-corrected chi connectivity index (χ2v) is 10.8. The molecule has 0 bridgehead atoms. The number of anilines is 3. The second kappa shape index (κ2) is 7.25. The smallest absolute Gasteiger partial charge is 0.266 e. The van der Waals surface area contributed by atoms with Crippen LogP contribution in [-0.4, -0.2) is 6.71 Å². The maximum Gasteiger partial charge on any atom is 0.266 e. The van der Waals surface area contributed by atoms with E-state index in [-0.39, 0.29) is 6.71 Å². The van der Waals surface area contributed by atoms with Crippen molar-refractivity contribution in [3.63, 3.8) is 0 Å². The lowest BCUT2D eigenvalue weighted by Crippen LogP contribution is -2.61. The van der Waals surface area contributed by atoms with Crippen molar-refractivity contribution < 1.29 is 9.47 Å². The Morgan fingerprint density at radius 3 is 1.40 bits per heavy atom. The summed E-state index contributed by atoms with van der Waals surface area (Å²) >= 11 is 0. The van der Waals surface area contributed by atoms with Gasteiger partial charge in [0.2, 0.25) is 0 Å². The van der Waals surface area contributed by atoms with Gasteiger partial charge in [0.15, 0.2) is 0 Å². The van der Waals surface area contributed by atoms with Crippen LogP contribution in [0.5, 0.6) is 23.0 Å². The molecular formula is C36H20BNO2. The molecule has 3 nitrogen and oxygen atoms in total. The summed E-state index contributed by atoms with van der Waals surface area (Å²) in [6, 6.07) is 43.3. The Morgan fingerprint density at radius 2 is 0.850 bits per heavy atom. The highest BCUT2D eigenvalue weighted by molar-refractivity contribution is 7.00. The second-order valence-electron chi connectivity index (χ2n) is 10.8. The van der Waals surface area contributed by atoms with Crippen LogP contribution in [0.1, 0.15) is 0 Å². The maximum absolute atomic E-state index is 6.50. The summed E-state index contributed by atoms with van der Waals surface area (Å²) in [5.74, 6) is 3.59. The molecule has 7 aromatic rings. The van der Waals surface area contributed by atoms with Gasteiger partial charge in [0.1, 0.15) is 23.0 Å². The van der Waals surface area contributed by atoms with Crippen LogP contribution >= 0.6 is 0 Å². The molecule has 40 heavy (non-hydrogen) atoms. The van der Waals surface area contributed by atoms with E-state index in [9.17, 15) is 0 Å². The van der Waals surface area contributed by atoms with Crippen molar-refractivity contribution in [2.75, 3.05) is 4.90 Å². The lowest BCUT2D eigenvalue weighted by atomic mass is 9.33. The third kappa shape index (κ3) is 2.47. The Kier molecular flexibility index (Phi) is 3.75. The van der Waals surface area contributed by atoms with Crippen LogP contribution in [0.3, 0.4) is 0 Å². The van der Waals surface area contributed by atoms with Crippen LogP contribution in [0.4, 0.5) is 17.1 Å². The summed E-state index contributed by atoms with van der Waals surface area (Å²) in [5.41, 5.74) is 6.96. The van der Waals surface area contributed by atoms with Gasteiger partial charge < -0.3 is 14.4 Å². The maximum atomic E-state index is 6.50. The zero-order valence-corrected chi connectivity index (χ0v) is 21.4. The van der Waals surface area contributed by atoms with Crippen molar-refractivity contribution in [2.24, 2.45) is 0 Å². The molecule has 3 heterocycles. The first kappa shape index (κ1) is 20.7. The fourth-order valence-electron chi connectivity index (χ4n) is 7.31. The van der Waals surface area contributed by atoms with Gasteiger partial charge in [0.05, 0.1) is 0 Å². The van der Waals surface area contributed by atoms with Crippen molar-refractivity contribution >= 4 is 72.5 Å². The predicted octanol–water partition coefficient (Wildman–Crippen LogP) is 7.66. The Morgan fingerprint density at radius 1 is 0.400 bits per heavy atom. The highest BCUT2D eigenvalue weighted by Crippen LogP contribution is 2.46. The van der Waals surface area contributed by atoms with Gasteiger partial charge in [0, 0.05) is 22.5 Å². The third-order valence-corrected chi connectivity index (χ3v) is 8.89. The first-order valence-corrected chi connectivity index (χ1v) is 13.7. The molecule has 0 amide bonds. The van der Waals surface area contributed by atoms with Gasteiger partial charge in [-0.15, -0.1) is 0 Å². The normalized spacial score (nSPS) is 13.8. The minimum atomic E-state index is 0.0765. The van der Waals surface area contributed by atoms with E-state index in [1.807, 2.05) is 6.07 Å². The fraction of sp³-hybridized carbons (Fsp3) is 0. The molecule has 0 saturated carbocycles. The summed E-state index contributed by atoms with van der Waals surface area (Å²) in [6.45, 7) is 0.0765. The molecule has 0 spiro atoms. The molecule has 4 heteroatoms. The van der Waals surface area contributed by atoms with Crippen molar-refractivity contribution in [3.8, 4) is 23.0 Å². The van der Waals surface area contributed by atoms with Crippen molar-refractivity contribution in [2.45, 2.75) is 0 Å². The SMILES string of the molecule is c1cc2c3c(c1)Oc1cccc4c1B3c1c(cccc1N4c1ccc3c4ccccc4c4ccccc4c3c1)O2. The van der Waals surface area contributed by atoms with Gasteiger partial charge in [0.25, 0.3) is 6.71 Å². The molecule has 3 aliphatic rings. The first-order chi connectivity index (χ1) is 19.8. The number of benzene rings is 7. The van der Waals surface area contributed by atoms with E-state index >= 15 is 0 Å². The third-order valence-electron chi connectivity index (χ3n) is 8.89. The predicted molar refractivity (Wildman–Crippen MR) is 165 cm³/mol. The Bertz CT molecular complexity index is 2140. The Hall–Kier alpha value is -5.22. The quantitative estimate of drug-likeness (QED) is 0.168. The lowest BCUT2D eigenvalue weighted by molar-refractivity contribution is 0.464. The number of rotatable bonds is 1. The fourth-order valence-corrected chi connectivity index (χ4v) is 7.31. The van der Waals surface area contributed by atoms with E-state index in [1.165, 1.54) is 43.2 Å². The molecule has 0 radical (unpaired) electrons.